The third-order valence-electron chi connectivity index (χ3n) is 5.09. The highest BCUT2D eigenvalue weighted by molar-refractivity contribution is 6.42. The molecule has 3 rings (SSSR count). The molecule has 1 heterocycles. The lowest BCUT2D eigenvalue weighted by Crippen LogP contribution is -2.45. The van der Waals surface area contributed by atoms with Crippen molar-refractivity contribution in [3.8, 4) is 0 Å². The summed E-state index contributed by atoms with van der Waals surface area (Å²) in [5, 5.41) is 4.55. The number of fused-ring (bicyclic) bond motifs is 1. The lowest BCUT2D eigenvalue weighted by Gasteiger charge is -2.43. The molecule has 7 heteroatoms. The van der Waals surface area contributed by atoms with Gasteiger partial charge in [-0.15, -0.1) is 0 Å². The van der Waals surface area contributed by atoms with Crippen LogP contribution in [0.3, 0.4) is 0 Å². The molecule has 30 heavy (non-hydrogen) atoms. The Balaban J connectivity index is 1.85. The van der Waals surface area contributed by atoms with Crippen molar-refractivity contribution in [2.75, 3.05) is 11.4 Å². The van der Waals surface area contributed by atoms with Crippen molar-refractivity contribution in [3.63, 3.8) is 0 Å². The molecule has 4 nitrogen and oxygen atoms in total. The minimum Gasteiger partial charge on any atom is -0.362 e. The van der Waals surface area contributed by atoms with Crippen LogP contribution in [0.25, 0.3) is 5.57 Å². The molecule has 0 fully saturated rings. The number of hydrogen-bond donors (Lipinski definition) is 1. The van der Waals surface area contributed by atoms with Crippen molar-refractivity contribution < 1.29 is 9.18 Å². The molecule has 1 aliphatic rings. The summed E-state index contributed by atoms with van der Waals surface area (Å²) in [6.45, 7) is 9.21. The fourth-order valence-corrected chi connectivity index (χ4v) is 4.01. The van der Waals surface area contributed by atoms with Crippen LogP contribution in [0.1, 0.15) is 55.6 Å². The summed E-state index contributed by atoms with van der Waals surface area (Å²) in [7, 11) is 0. The van der Waals surface area contributed by atoms with Gasteiger partial charge in [0.25, 0.3) is 5.91 Å². The molecule has 1 amide bonds. The molecule has 0 radical (unpaired) electrons. The maximum absolute atomic E-state index is 14.8. The summed E-state index contributed by atoms with van der Waals surface area (Å²) in [5.41, 5.74) is 5.72. The standard InChI is InChI=1S/C23H24Cl2FN3O/c1-5-8-29-21-11-20(26)16(9-17(21)14(2)12-23(29,3)4)13-27-28-22(30)15-6-7-18(24)19(25)10-15/h6-7,9-13H,5,8H2,1-4H3,(H,28,30)/b27-13-. The number of hydrogen-bond acceptors (Lipinski definition) is 3. The van der Waals surface area contributed by atoms with Crippen LogP contribution < -0.4 is 10.3 Å². The van der Waals surface area contributed by atoms with E-state index < -0.39 is 11.7 Å². The third-order valence-corrected chi connectivity index (χ3v) is 5.83. The fraction of sp³-hybridized carbons (Fsp3) is 0.304. The van der Waals surface area contributed by atoms with Crippen LogP contribution in [-0.4, -0.2) is 24.2 Å². The molecule has 158 valence electrons. The van der Waals surface area contributed by atoms with Crippen LogP contribution >= 0.6 is 23.2 Å². The first-order valence-corrected chi connectivity index (χ1v) is 10.5. The summed E-state index contributed by atoms with van der Waals surface area (Å²) < 4.78 is 14.8. The van der Waals surface area contributed by atoms with Crippen LogP contribution in [-0.2, 0) is 0 Å². The molecule has 1 aliphatic heterocycles. The third kappa shape index (κ3) is 4.52. The molecule has 0 spiro atoms. The highest BCUT2D eigenvalue weighted by atomic mass is 35.5. The van der Waals surface area contributed by atoms with Crippen LogP contribution in [0.2, 0.25) is 10.0 Å². The Kier molecular flexibility index (Phi) is 6.53. The van der Waals surface area contributed by atoms with E-state index in [4.69, 9.17) is 23.2 Å². The lowest BCUT2D eigenvalue weighted by molar-refractivity contribution is 0.0955. The Morgan fingerprint density at radius 3 is 2.63 bits per heavy atom. The Labute approximate surface area is 186 Å². The monoisotopic (exact) mass is 447 g/mol. The Morgan fingerprint density at radius 1 is 1.23 bits per heavy atom. The second-order valence-corrected chi connectivity index (χ2v) is 8.67. The van der Waals surface area contributed by atoms with E-state index in [1.54, 1.807) is 12.1 Å². The van der Waals surface area contributed by atoms with E-state index in [9.17, 15) is 9.18 Å². The number of amides is 1. The molecule has 0 aromatic heterocycles. The van der Waals surface area contributed by atoms with Gasteiger partial charge in [-0.1, -0.05) is 36.2 Å². The fourth-order valence-electron chi connectivity index (χ4n) is 3.71. The predicted octanol–water partition coefficient (Wildman–Crippen LogP) is 6.31. The summed E-state index contributed by atoms with van der Waals surface area (Å²) in [5.74, 6) is -0.858. The minimum absolute atomic E-state index is 0.192. The average Bonchev–Trinajstić information content (AvgIpc) is 2.67. The van der Waals surface area contributed by atoms with Gasteiger partial charge in [-0.2, -0.15) is 5.10 Å². The van der Waals surface area contributed by atoms with Crippen LogP contribution in [0, 0.1) is 5.82 Å². The highest BCUT2D eigenvalue weighted by Crippen LogP contribution is 2.40. The van der Waals surface area contributed by atoms with Gasteiger partial charge in [-0.05, 0) is 63.1 Å². The van der Waals surface area contributed by atoms with Crippen LogP contribution in [0.15, 0.2) is 41.5 Å². The summed E-state index contributed by atoms with van der Waals surface area (Å²) in [4.78, 5) is 14.4. The number of halogens is 3. The smallest absolute Gasteiger partial charge is 0.271 e. The van der Waals surface area contributed by atoms with Gasteiger partial charge >= 0.3 is 0 Å². The van der Waals surface area contributed by atoms with Gasteiger partial charge in [-0.25, -0.2) is 9.82 Å². The quantitative estimate of drug-likeness (QED) is 0.431. The van der Waals surface area contributed by atoms with E-state index >= 15 is 0 Å². The van der Waals surface area contributed by atoms with Crippen molar-refractivity contribution in [2.24, 2.45) is 5.10 Å². The van der Waals surface area contributed by atoms with Crippen LogP contribution in [0.5, 0.6) is 0 Å². The number of carbonyl (C=O) groups is 1. The first kappa shape index (κ1) is 22.3. The SMILES string of the molecule is CCCN1c2cc(F)c(/C=N\NC(=O)c3ccc(Cl)c(Cl)c3)cc2C(C)=CC1(C)C. The van der Waals surface area contributed by atoms with Crippen molar-refractivity contribution in [2.45, 2.75) is 39.7 Å². The van der Waals surface area contributed by atoms with Gasteiger partial charge in [0.2, 0.25) is 0 Å². The largest absolute Gasteiger partial charge is 0.362 e. The van der Waals surface area contributed by atoms with Gasteiger partial charge in [0.15, 0.2) is 0 Å². The Bertz CT molecular complexity index is 1050. The van der Waals surface area contributed by atoms with Crippen LogP contribution in [0.4, 0.5) is 10.1 Å². The molecule has 0 bridgehead atoms. The molecule has 0 aliphatic carbocycles. The number of benzene rings is 2. The molecule has 0 atom stereocenters. The Morgan fingerprint density at radius 2 is 1.97 bits per heavy atom. The maximum Gasteiger partial charge on any atom is 0.271 e. The Hall–Kier alpha value is -2.37. The number of nitrogens with zero attached hydrogens (tertiary/aromatic N) is 2. The van der Waals surface area contributed by atoms with E-state index in [2.05, 4.69) is 42.3 Å². The first-order chi connectivity index (χ1) is 14.1. The summed E-state index contributed by atoms with van der Waals surface area (Å²) in [6, 6.07) is 7.84. The lowest BCUT2D eigenvalue weighted by atomic mass is 9.88. The average molecular weight is 448 g/mol. The van der Waals surface area contributed by atoms with E-state index in [0.29, 0.717) is 16.1 Å². The zero-order valence-electron chi connectivity index (χ0n) is 17.4. The predicted molar refractivity (Wildman–Crippen MR) is 123 cm³/mol. The molecule has 0 saturated carbocycles. The number of hydrazone groups is 1. The molecule has 1 N–H and O–H groups in total. The molecule has 0 saturated heterocycles. The molecular formula is C23H24Cl2FN3O. The van der Waals surface area contributed by atoms with Crippen molar-refractivity contribution in [3.05, 3.63) is 69.0 Å². The second-order valence-electron chi connectivity index (χ2n) is 7.85. The normalized spacial score (nSPS) is 15.2. The summed E-state index contributed by atoms with van der Waals surface area (Å²) in [6.07, 6.45) is 4.46. The van der Waals surface area contributed by atoms with E-state index in [1.807, 2.05) is 6.92 Å². The van der Waals surface area contributed by atoms with E-state index in [-0.39, 0.29) is 10.6 Å². The number of carbonyl (C=O) groups excluding carboxylic acids is 1. The summed E-state index contributed by atoms with van der Waals surface area (Å²) >= 11 is 11.8. The van der Waals surface area contributed by atoms with Crippen molar-refractivity contribution in [1.82, 2.24) is 5.43 Å². The molecule has 0 unspecified atom stereocenters. The number of allylic oxidation sites excluding steroid dienone is 1. The topological polar surface area (TPSA) is 44.7 Å². The zero-order chi connectivity index (χ0) is 22.1. The van der Waals surface area contributed by atoms with E-state index in [1.165, 1.54) is 24.4 Å². The highest BCUT2D eigenvalue weighted by Gasteiger charge is 2.31. The van der Waals surface area contributed by atoms with Gasteiger partial charge in [0.05, 0.1) is 21.8 Å². The molecule has 2 aromatic rings. The minimum atomic E-state index is -0.463. The zero-order valence-corrected chi connectivity index (χ0v) is 18.9. The second kappa shape index (κ2) is 8.78. The number of nitrogens with one attached hydrogen (secondary N) is 1. The van der Waals surface area contributed by atoms with Gasteiger partial charge in [0, 0.05) is 28.9 Å². The van der Waals surface area contributed by atoms with Gasteiger partial charge < -0.3 is 4.90 Å². The van der Waals surface area contributed by atoms with E-state index in [0.717, 1.165) is 29.8 Å². The number of anilines is 1. The van der Waals surface area contributed by atoms with Crippen molar-refractivity contribution >= 4 is 46.6 Å². The van der Waals surface area contributed by atoms with Gasteiger partial charge in [0.1, 0.15) is 5.82 Å². The molecule has 2 aromatic carbocycles. The van der Waals surface area contributed by atoms with Crippen molar-refractivity contribution in [1.29, 1.82) is 0 Å². The van der Waals surface area contributed by atoms with Gasteiger partial charge in [-0.3, -0.25) is 4.79 Å². The maximum atomic E-state index is 14.8. The number of rotatable bonds is 5. The first-order valence-electron chi connectivity index (χ1n) is 9.73. The molecular weight excluding hydrogens is 424 g/mol.